The van der Waals surface area contributed by atoms with E-state index in [1.54, 1.807) is 0 Å². The Morgan fingerprint density at radius 2 is 1.06 bits per heavy atom. The summed E-state index contributed by atoms with van der Waals surface area (Å²) in [5.74, 6) is 0. The molecule has 10 rings (SSSR count). The predicted molar refractivity (Wildman–Crippen MR) is 211 cm³/mol. The largest absolute Gasteiger partial charge is 0.309 e. The molecule has 0 bridgehead atoms. The molecular formula is C46H30N2S. The standard InChI is InChI=1S/C46H30N2S/c1-2-15-33(16-3-1)48-42-23-8-6-18-37(42)39-21-11-20-36(45(39)48)32-27-29-34(30-28-32)47(41-24-10-14-31-13-4-5-17-35(31)41)43-25-12-22-40-38-19-7-9-26-44(38)49-46(40)43/h1-30H. The number of fused-ring (bicyclic) bond motifs is 7. The van der Waals surface area contributed by atoms with Gasteiger partial charge in [-0.15, -0.1) is 11.3 Å². The zero-order chi connectivity index (χ0) is 32.3. The number of hydrogen-bond donors (Lipinski definition) is 0. The first kappa shape index (κ1) is 27.9. The minimum absolute atomic E-state index is 1.13. The Morgan fingerprint density at radius 3 is 1.94 bits per heavy atom. The van der Waals surface area contributed by atoms with Crippen LogP contribution in [0, 0.1) is 0 Å². The van der Waals surface area contributed by atoms with Crippen molar-refractivity contribution in [1.29, 1.82) is 0 Å². The Bertz CT molecular complexity index is 2820. The third kappa shape index (κ3) is 4.40. The van der Waals surface area contributed by atoms with Crippen molar-refractivity contribution >= 4 is 81.1 Å². The number of thiophene rings is 1. The van der Waals surface area contributed by atoms with Gasteiger partial charge >= 0.3 is 0 Å². The maximum atomic E-state index is 2.45. The van der Waals surface area contributed by atoms with Crippen LogP contribution in [0.1, 0.15) is 0 Å². The molecule has 0 amide bonds. The highest BCUT2D eigenvalue weighted by atomic mass is 32.1. The van der Waals surface area contributed by atoms with Crippen LogP contribution in [-0.4, -0.2) is 4.57 Å². The van der Waals surface area contributed by atoms with Gasteiger partial charge in [-0.3, -0.25) is 0 Å². The fourth-order valence-corrected chi connectivity index (χ4v) is 8.81. The number of aromatic nitrogens is 1. The average Bonchev–Trinajstić information content (AvgIpc) is 3.72. The van der Waals surface area contributed by atoms with Crippen LogP contribution < -0.4 is 4.90 Å². The highest BCUT2D eigenvalue weighted by Gasteiger charge is 2.21. The third-order valence-corrected chi connectivity index (χ3v) is 11.0. The molecule has 2 heterocycles. The molecule has 0 fully saturated rings. The maximum absolute atomic E-state index is 2.45. The SMILES string of the molecule is c1ccc(-n2c3ccccc3c3cccc(-c4ccc(N(c5cccc6ccccc56)c5cccc6c5sc5ccccc56)cc4)c32)cc1. The van der Waals surface area contributed by atoms with Gasteiger partial charge in [-0.05, 0) is 59.5 Å². The van der Waals surface area contributed by atoms with Gasteiger partial charge in [-0.25, -0.2) is 0 Å². The molecular weight excluding hydrogens is 613 g/mol. The Morgan fingerprint density at radius 1 is 0.429 bits per heavy atom. The van der Waals surface area contributed by atoms with E-state index >= 15 is 0 Å². The van der Waals surface area contributed by atoms with Gasteiger partial charge in [0, 0.05) is 48.6 Å². The summed E-state index contributed by atoms with van der Waals surface area (Å²) < 4.78 is 5.01. The monoisotopic (exact) mass is 642 g/mol. The van der Waals surface area contributed by atoms with Crippen LogP contribution in [0.3, 0.4) is 0 Å². The molecule has 0 aliphatic carbocycles. The van der Waals surface area contributed by atoms with Gasteiger partial charge in [0.25, 0.3) is 0 Å². The van der Waals surface area contributed by atoms with Crippen molar-refractivity contribution in [2.24, 2.45) is 0 Å². The number of nitrogens with zero attached hydrogens (tertiary/aromatic N) is 2. The maximum Gasteiger partial charge on any atom is 0.0640 e. The third-order valence-electron chi connectivity index (χ3n) is 9.78. The van der Waals surface area contributed by atoms with Crippen LogP contribution >= 0.6 is 11.3 Å². The minimum atomic E-state index is 1.13. The van der Waals surface area contributed by atoms with Gasteiger partial charge < -0.3 is 9.47 Å². The Kier molecular flexibility index (Phi) is 6.39. The van der Waals surface area contributed by atoms with E-state index < -0.39 is 0 Å². The highest BCUT2D eigenvalue weighted by Crippen LogP contribution is 2.47. The first-order chi connectivity index (χ1) is 24.3. The van der Waals surface area contributed by atoms with Gasteiger partial charge in [0.1, 0.15) is 0 Å². The molecule has 2 aromatic heterocycles. The molecule has 0 saturated carbocycles. The Balaban J connectivity index is 1.19. The van der Waals surface area contributed by atoms with Crippen LogP contribution in [0.15, 0.2) is 182 Å². The molecule has 0 spiro atoms. The summed E-state index contributed by atoms with van der Waals surface area (Å²) in [5, 5.41) is 7.57. The van der Waals surface area contributed by atoms with Crippen LogP contribution in [0.2, 0.25) is 0 Å². The lowest BCUT2D eigenvalue weighted by Gasteiger charge is -2.27. The molecule has 2 nitrogen and oxygen atoms in total. The van der Waals surface area contributed by atoms with Crippen LogP contribution in [0.4, 0.5) is 17.1 Å². The quantitative estimate of drug-likeness (QED) is 0.181. The fraction of sp³-hybridized carbons (Fsp3) is 0. The molecule has 8 aromatic carbocycles. The van der Waals surface area contributed by atoms with E-state index in [1.165, 1.54) is 75.3 Å². The summed E-state index contributed by atoms with van der Waals surface area (Å²) in [5.41, 5.74) is 9.49. The van der Waals surface area contributed by atoms with E-state index in [1.807, 2.05) is 11.3 Å². The Labute approximate surface area is 288 Å². The number of hydrogen-bond acceptors (Lipinski definition) is 2. The highest BCUT2D eigenvalue weighted by molar-refractivity contribution is 7.26. The van der Waals surface area contributed by atoms with Crippen LogP contribution in [0.25, 0.3) is 69.6 Å². The molecule has 230 valence electrons. The lowest BCUT2D eigenvalue weighted by Crippen LogP contribution is -2.10. The molecule has 0 aliphatic rings. The number of anilines is 3. The average molecular weight is 643 g/mol. The van der Waals surface area contributed by atoms with Crippen molar-refractivity contribution < 1.29 is 0 Å². The number of benzene rings is 8. The summed E-state index contributed by atoms with van der Waals surface area (Å²) in [6, 6.07) is 66.1. The molecule has 0 unspecified atom stereocenters. The Hall–Kier alpha value is -6.16. The summed E-state index contributed by atoms with van der Waals surface area (Å²) in [4.78, 5) is 2.45. The first-order valence-corrected chi connectivity index (χ1v) is 17.5. The minimum Gasteiger partial charge on any atom is -0.309 e. The molecule has 0 aliphatic heterocycles. The molecule has 0 saturated heterocycles. The summed E-state index contributed by atoms with van der Waals surface area (Å²) in [6.07, 6.45) is 0. The van der Waals surface area contributed by atoms with E-state index in [-0.39, 0.29) is 0 Å². The van der Waals surface area contributed by atoms with Crippen molar-refractivity contribution in [3.63, 3.8) is 0 Å². The molecule has 3 heteroatoms. The molecule has 49 heavy (non-hydrogen) atoms. The second kappa shape index (κ2) is 11.2. The van der Waals surface area contributed by atoms with E-state index in [0.717, 1.165) is 11.4 Å². The lowest BCUT2D eigenvalue weighted by atomic mass is 10.0. The van der Waals surface area contributed by atoms with Gasteiger partial charge in [0.2, 0.25) is 0 Å². The van der Waals surface area contributed by atoms with Gasteiger partial charge in [-0.2, -0.15) is 0 Å². The summed E-state index contributed by atoms with van der Waals surface area (Å²) >= 11 is 1.87. The zero-order valence-corrected chi connectivity index (χ0v) is 27.4. The van der Waals surface area contributed by atoms with E-state index in [0.29, 0.717) is 0 Å². The number of para-hydroxylation sites is 3. The van der Waals surface area contributed by atoms with Gasteiger partial charge in [-0.1, -0.05) is 133 Å². The topological polar surface area (TPSA) is 8.17 Å². The van der Waals surface area contributed by atoms with Crippen molar-refractivity contribution in [3.05, 3.63) is 182 Å². The van der Waals surface area contributed by atoms with Crippen molar-refractivity contribution in [3.8, 4) is 16.8 Å². The lowest BCUT2D eigenvalue weighted by molar-refractivity contribution is 1.18. The van der Waals surface area contributed by atoms with Gasteiger partial charge in [0.05, 0.1) is 27.1 Å². The summed E-state index contributed by atoms with van der Waals surface area (Å²) in [6.45, 7) is 0. The zero-order valence-electron chi connectivity index (χ0n) is 26.6. The summed E-state index contributed by atoms with van der Waals surface area (Å²) in [7, 11) is 0. The van der Waals surface area contributed by atoms with E-state index in [4.69, 9.17) is 0 Å². The van der Waals surface area contributed by atoms with Crippen molar-refractivity contribution in [2.75, 3.05) is 4.90 Å². The van der Waals surface area contributed by atoms with E-state index in [2.05, 4.69) is 191 Å². The normalized spacial score (nSPS) is 11.7. The van der Waals surface area contributed by atoms with Crippen LogP contribution in [0.5, 0.6) is 0 Å². The molecule has 10 aromatic rings. The second-order valence-corrected chi connectivity index (χ2v) is 13.6. The smallest absolute Gasteiger partial charge is 0.0640 e. The van der Waals surface area contributed by atoms with E-state index in [9.17, 15) is 0 Å². The number of rotatable bonds is 5. The first-order valence-electron chi connectivity index (χ1n) is 16.7. The fourth-order valence-electron chi connectivity index (χ4n) is 7.61. The van der Waals surface area contributed by atoms with Gasteiger partial charge in [0.15, 0.2) is 0 Å². The molecule has 0 radical (unpaired) electrons. The molecule has 0 N–H and O–H groups in total. The van der Waals surface area contributed by atoms with Crippen molar-refractivity contribution in [1.82, 2.24) is 4.57 Å². The van der Waals surface area contributed by atoms with Crippen molar-refractivity contribution in [2.45, 2.75) is 0 Å². The molecule has 0 atom stereocenters. The second-order valence-electron chi connectivity index (χ2n) is 12.5. The van der Waals surface area contributed by atoms with Crippen LogP contribution in [-0.2, 0) is 0 Å². The predicted octanol–water partition coefficient (Wildman–Crippen LogP) is 13.4.